The summed E-state index contributed by atoms with van der Waals surface area (Å²) in [6.07, 6.45) is 4.22. The summed E-state index contributed by atoms with van der Waals surface area (Å²) in [7, 11) is 1.64. The van der Waals surface area contributed by atoms with Crippen molar-refractivity contribution in [2.45, 2.75) is 39.5 Å². The third kappa shape index (κ3) is 4.52. The third-order valence-corrected chi connectivity index (χ3v) is 3.20. The largest absolute Gasteiger partial charge is 0.384 e. The Morgan fingerprint density at radius 3 is 2.88 bits per heavy atom. The number of hydrogen-bond acceptors (Lipinski definition) is 2. The fourth-order valence-corrected chi connectivity index (χ4v) is 2.50. The van der Waals surface area contributed by atoms with Gasteiger partial charge in [0.1, 0.15) is 0 Å². The first-order valence-corrected chi connectivity index (χ1v) is 6.40. The Labute approximate surface area is 99.1 Å². The van der Waals surface area contributed by atoms with Gasteiger partial charge in [-0.1, -0.05) is 13.8 Å². The van der Waals surface area contributed by atoms with Crippen LogP contribution in [0.1, 0.15) is 39.5 Å². The van der Waals surface area contributed by atoms with Crippen LogP contribution >= 0.6 is 0 Å². The monoisotopic (exact) mass is 227 g/mol. The first-order valence-electron chi connectivity index (χ1n) is 6.40. The van der Waals surface area contributed by atoms with E-state index in [2.05, 4.69) is 13.8 Å². The molecule has 94 valence electrons. The van der Waals surface area contributed by atoms with E-state index in [0.29, 0.717) is 18.9 Å². The predicted octanol–water partition coefficient (Wildman–Crippen LogP) is 2.31. The van der Waals surface area contributed by atoms with Crippen LogP contribution in [0.5, 0.6) is 0 Å². The minimum atomic E-state index is 0.260. The second-order valence-corrected chi connectivity index (χ2v) is 5.22. The average Bonchev–Trinajstić information content (AvgIpc) is 2.25. The van der Waals surface area contributed by atoms with Gasteiger partial charge in [0.2, 0.25) is 5.91 Å². The van der Waals surface area contributed by atoms with E-state index in [1.165, 1.54) is 12.8 Å². The Morgan fingerprint density at radius 1 is 1.50 bits per heavy atom. The van der Waals surface area contributed by atoms with Gasteiger partial charge in [0.05, 0.1) is 13.0 Å². The molecule has 1 atom stereocenters. The molecule has 0 aromatic heterocycles. The number of hydrogen-bond donors (Lipinski definition) is 0. The maximum atomic E-state index is 11.8. The number of methoxy groups -OCH3 is 1. The smallest absolute Gasteiger partial charge is 0.224 e. The molecule has 0 N–H and O–H groups in total. The van der Waals surface area contributed by atoms with Gasteiger partial charge in [0.15, 0.2) is 0 Å². The summed E-state index contributed by atoms with van der Waals surface area (Å²) in [5, 5.41) is 0. The molecular formula is C13H25NO2. The SMILES string of the molecule is COCCC(=O)N1CCCC(CC(C)C)C1. The van der Waals surface area contributed by atoms with Crippen LogP contribution in [0, 0.1) is 11.8 Å². The molecule has 3 heteroatoms. The van der Waals surface area contributed by atoms with Crippen molar-refractivity contribution in [2.75, 3.05) is 26.8 Å². The molecule has 1 unspecified atom stereocenters. The van der Waals surface area contributed by atoms with E-state index in [9.17, 15) is 4.79 Å². The summed E-state index contributed by atoms with van der Waals surface area (Å²) in [6.45, 7) is 6.96. The fraction of sp³-hybridized carbons (Fsp3) is 0.923. The van der Waals surface area contributed by atoms with Crippen molar-refractivity contribution in [1.82, 2.24) is 4.90 Å². The molecule has 1 saturated heterocycles. The van der Waals surface area contributed by atoms with Crippen molar-refractivity contribution in [3.8, 4) is 0 Å². The molecule has 0 spiro atoms. The molecule has 16 heavy (non-hydrogen) atoms. The highest BCUT2D eigenvalue weighted by Crippen LogP contribution is 2.23. The van der Waals surface area contributed by atoms with Crippen LogP contribution in [0.15, 0.2) is 0 Å². The van der Waals surface area contributed by atoms with E-state index in [1.54, 1.807) is 7.11 Å². The summed E-state index contributed by atoms with van der Waals surface area (Å²) in [6, 6.07) is 0. The number of carbonyl (C=O) groups excluding carboxylic acids is 1. The number of piperidine rings is 1. The molecule has 1 rings (SSSR count). The molecular weight excluding hydrogens is 202 g/mol. The molecule has 0 aromatic rings. The summed E-state index contributed by atoms with van der Waals surface area (Å²) in [4.78, 5) is 13.9. The van der Waals surface area contributed by atoms with Crippen LogP contribution < -0.4 is 0 Å². The summed E-state index contributed by atoms with van der Waals surface area (Å²) < 4.78 is 4.95. The second kappa shape index (κ2) is 6.89. The van der Waals surface area contributed by atoms with Gasteiger partial charge in [0.25, 0.3) is 0 Å². The third-order valence-electron chi connectivity index (χ3n) is 3.20. The summed E-state index contributed by atoms with van der Waals surface area (Å²) in [5.74, 6) is 1.70. The van der Waals surface area contributed by atoms with E-state index in [1.807, 2.05) is 4.90 Å². The lowest BCUT2D eigenvalue weighted by Gasteiger charge is -2.33. The minimum absolute atomic E-state index is 0.260. The highest BCUT2D eigenvalue weighted by molar-refractivity contribution is 5.76. The molecule has 1 aliphatic heterocycles. The Morgan fingerprint density at radius 2 is 2.25 bits per heavy atom. The van der Waals surface area contributed by atoms with E-state index < -0.39 is 0 Å². The first-order chi connectivity index (χ1) is 7.63. The summed E-state index contributed by atoms with van der Waals surface area (Å²) >= 11 is 0. The number of carbonyl (C=O) groups is 1. The van der Waals surface area contributed by atoms with Crippen LogP contribution in [0.2, 0.25) is 0 Å². The topological polar surface area (TPSA) is 29.5 Å². The van der Waals surface area contributed by atoms with Gasteiger partial charge in [-0.2, -0.15) is 0 Å². The predicted molar refractivity (Wildman–Crippen MR) is 65.3 cm³/mol. The van der Waals surface area contributed by atoms with Gasteiger partial charge in [-0.25, -0.2) is 0 Å². The zero-order valence-electron chi connectivity index (χ0n) is 10.9. The van der Waals surface area contributed by atoms with Crippen molar-refractivity contribution in [3.05, 3.63) is 0 Å². The number of amides is 1. The maximum absolute atomic E-state index is 11.8. The van der Waals surface area contributed by atoms with Crippen molar-refractivity contribution < 1.29 is 9.53 Å². The molecule has 0 aromatic carbocycles. The quantitative estimate of drug-likeness (QED) is 0.721. The number of ether oxygens (including phenoxy) is 1. The molecule has 1 fully saturated rings. The highest BCUT2D eigenvalue weighted by Gasteiger charge is 2.23. The molecule has 0 radical (unpaired) electrons. The van der Waals surface area contributed by atoms with E-state index in [0.717, 1.165) is 25.4 Å². The lowest BCUT2D eigenvalue weighted by atomic mass is 9.89. The van der Waals surface area contributed by atoms with Gasteiger partial charge in [-0.3, -0.25) is 4.79 Å². The number of nitrogens with zero attached hydrogens (tertiary/aromatic N) is 1. The van der Waals surface area contributed by atoms with Gasteiger partial charge in [0, 0.05) is 20.2 Å². The van der Waals surface area contributed by atoms with Crippen molar-refractivity contribution >= 4 is 5.91 Å². The first kappa shape index (κ1) is 13.5. The van der Waals surface area contributed by atoms with Gasteiger partial charge in [-0.05, 0) is 31.1 Å². The van der Waals surface area contributed by atoms with Crippen LogP contribution in [0.4, 0.5) is 0 Å². The van der Waals surface area contributed by atoms with Crippen LogP contribution in [-0.2, 0) is 9.53 Å². The fourth-order valence-electron chi connectivity index (χ4n) is 2.50. The van der Waals surface area contributed by atoms with Crippen molar-refractivity contribution in [3.63, 3.8) is 0 Å². The van der Waals surface area contributed by atoms with Crippen LogP contribution in [0.3, 0.4) is 0 Å². The van der Waals surface area contributed by atoms with Crippen molar-refractivity contribution in [1.29, 1.82) is 0 Å². The lowest BCUT2D eigenvalue weighted by molar-refractivity contribution is -0.134. The molecule has 0 bridgehead atoms. The Kier molecular flexibility index (Phi) is 5.81. The molecule has 0 aliphatic carbocycles. The highest BCUT2D eigenvalue weighted by atomic mass is 16.5. The van der Waals surface area contributed by atoms with Gasteiger partial charge in [-0.15, -0.1) is 0 Å². The van der Waals surface area contributed by atoms with E-state index in [4.69, 9.17) is 4.74 Å². The molecule has 1 aliphatic rings. The van der Waals surface area contributed by atoms with E-state index in [-0.39, 0.29) is 5.91 Å². The standard InChI is InChI=1S/C13H25NO2/c1-11(2)9-12-5-4-7-14(10-12)13(15)6-8-16-3/h11-12H,4-10H2,1-3H3. The van der Waals surface area contributed by atoms with Crippen molar-refractivity contribution in [2.24, 2.45) is 11.8 Å². The maximum Gasteiger partial charge on any atom is 0.224 e. The second-order valence-electron chi connectivity index (χ2n) is 5.22. The Balaban J connectivity index is 2.34. The molecule has 1 amide bonds. The lowest BCUT2D eigenvalue weighted by Crippen LogP contribution is -2.40. The Bertz CT molecular complexity index is 216. The number of rotatable bonds is 5. The molecule has 3 nitrogen and oxygen atoms in total. The zero-order chi connectivity index (χ0) is 12.0. The van der Waals surface area contributed by atoms with E-state index >= 15 is 0 Å². The molecule has 0 saturated carbocycles. The van der Waals surface area contributed by atoms with Gasteiger partial charge < -0.3 is 9.64 Å². The normalized spacial score (nSPS) is 21.5. The zero-order valence-corrected chi connectivity index (χ0v) is 10.9. The Hall–Kier alpha value is -0.570. The summed E-state index contributed by atoms with van der Waals surface area (Å²) in [5.41, 5.74) is 0. The van der Waals surface area contributed by atoms with Crippen LogP contribution in [-0.4, -0.2) is 37.6 Å². The number of likely N-dealkylation sites (tertiary alicyclic amines) is 1. The average molecular weight is 227 g/mol. The van der Waals surface area contributed by atoms with Crippen LogP contribution in [0.25, 0.3) is 0 Å². The van der Waals surface area contributed by atoms with Gasteiger partial charge >= 0.3 is 0 Å². The molecule has 1 heterocycles. The minimum Gasteiger partial charge on any atom is -0.384 e.